The van der Waals surface area contributed by atoms with Crippen molar-refractivity contribution in [2.75, 3.05) is 19.8 Å². The third kappa shape index (κ3) is 44.3. The lowest BCUT2D eigenvalue weighted by molar-refractivity contribution is -0.163. The standard InChI is InChI=1S/C51H90O5/c1-4-7-10-13-16-19-22-24-25-26-28-31-34-37-40-43-46-54-47-49(56-51(53)45-42-39-36-33-29-21-18-15-12-9-6-3)48-55-50(52)44-41-38-35-32-30-27-23-20-17-14-11-8-5-2/h7,10-11,14,16,19-20,23-25,49H,4-6,8-9,12-13,15,17-18,21-22,26-48H2,1-3H3/b10-7-,14-11-,19-16-,23-20-,25-24-. The van der Waals surface area contributed by atoms with Crippen LogP contribution in [0.5, 0.6) is 0 Å². The molecule has 1 atom stereocenters. The molecule has 0 aromatic carbocycles. The summed E-state index contributed by atoms with van der Waals surface area (Å²) in [6, 6.07) is 0. The first kappa shape index (κ1) is 53.6. The molecule has 0 spiro atoms. The Morgan fingerprint density at radius 3 is 1.36 bits per heavy atom. The van der Waals surface area contributed by atoms with Gasteiger partial charge in [-0.1, -0.05) is 197 Å². The number of carbonyl (C=O) groups is 2. The van der Waals surface area contributed by atoms with Gasteiger partial charge in [0.15, 0.2) is 6.10 Å². The molecule has 0 aromatic heterocycles. The second kappa shape index (κ2) is 47.0. The molecule has 0 aromatic rings. The number of carbonyl (C=O) groups excluding carboxylic acids is 2. The number of hydrogen-bond acceptors (Lipinski definition) is 5. The smallest absolute Gasteiger partial charge is 0.306 e. The zero-order chi connectivity index (χ0) is 40.7. The number of esters is 2. The van der Waals surface area contributed by atoms with Crippen LogP contribution in [0.4, 0.5) is 0 Å². The maximum atomic E-state index is 12.7. The molecule has 0 rings (SSSR count). The van der Waals surface area contributed by atoms with E-state index in [4.69, 9.17) is 14.2 Å². The third-order valence-corrected chi connectivity index (χ3v) is 10.0. The number of hydrogen-bond donors (Lipinski definition) is 0. The van der Waals surface area contributed by atoms with E-state index in [9.17, 15) is 9.59 Å². The molecular formula is C51H90O5. The molecule has 0 saturated carbocycles. The fourth-order valence-corrected chi connectivity index (χ4v) is 6.50. The van der Waals surface area contributed by atoms with Crippen LogP contribution in [0.1, 0.15) is 226 Å². The van der Waals surface area contributed by atoms with Gasteiger partial charge in [0.2, 0.25) is 0 Å². The van der Waals surface area contributed by atoms with Gasteiger partial charge in [-0.3, -0.25) is 9.59 Å². The highest BCUT2D eigenvalue weighted by Crippen LogP contribution is 2.14. The van der Waals surface area contributed by atoms with Gasteiger partial charge in [0.25, 0.3) is 0 Å². The van der Waals surface area contributed by atoms with E-state index < -0.39 is 6.10 Å². The van der Waals surface area contributed by atoms with Gasteiger partial charge in [-0.25, -0.2) is 0 Å². The van der Waals surface area contributed by atoms with Crippen LogP contribution in [0.2, 0.25) is 0 Å². The van der Waals surface area contributed by atoms with E-state index in [0.29, 0.717) is 19.4 Å². The molecule has 1 unspecified atom stereocenters. The number of allylic oxidation sites excluding steroid dienone is 10. The summed E-state index contributed by atoms with van der Waals surface area (Å²) in [5.41, 5.74) is 0. The fourth-order valence-electron chi connectivity index (χ4n) is 6.50. The van der Waals surface area contributed by atoms with E-state index >= 15 is 0 Å². The van der Waals surface area contributed by atoms with Crippen molar-refractivity contribution in [1.29, 1.82) is 0 Å². The van der Waals surface area contributed by atoms with Crippen molar-refractivity contribution in [3.8, 4) is 0 Å². The predicted molar refractivity (Wildman–Crippen MR) is 242 cm³/mol. The van der Waals surface area contributed by atoms with Crippen molar-refractivity contribution in [2.24, 2.45) is 0 Å². The van der Waals surface area contributed by atoms with Crippen molar-refractivity contribution in [1.82, 2.24) is 0 Å². The summed E-state index contributed by atoms with van der Waals surface area (Å²) in [4.78, 5) is 25.3. The Hall–Kier alpha value is -2.40. The first-order chi connectivity index (χ1) is 27.6. The molecule has 0 aliphatic rings. The summed E-state index contributed by atoms with van der Waals surface area (Å²) in [5, 5.41) is 0. The summed E-state index contributed by atoms with van der Waals surface area (Å²) in [5.74, 6) is -0.419. The van der Waals surface area contributed by atoms with E-state index in [-0.39, 0.29) is 25.2 Å². The number of ether oxygens (including phenoxy) is 3. The topological polar surface area (TPSA) is 61.8 Å². The molecular weight excluding hydrogens is 693 g/mol. The summed E-state index contributed by atoms with van der Waals surface area (Å²) in [6.07, 6.45) is 57.9. The van der Waals surface area contributed by atoms with Crippen molar-refractivity contribution in [3.63, 3.8) is 0 Å². The van der Waals surface area contributed by atoms with Crippen LogP contribution in [-0.4, -0.2) is 37.9 Å². The van der Waals surface area contributed by atoms with E-state index in [1.165, 1.54) is 109 Å². The Morgan fingerprint density at radius 1 is 0.411 bits per heavy atom. The Bertz CT molecular complexity index is 977. The monoisotopic (exact) mass is 783 g/mol. The highest BCUT2D eigenvalue weighted by Gasteiger charge is 2.17. The second-order valence-corrected chi connectivity index (χ2v) is 15.6. The molecule has 0 amide bonds. The lowest BCUT2D eigenvalue weighted by atomic mass is 10.1. The molecule has 5 heteroatoms. The highest BCUT2D eigenvalue weighted by atomic mass is 16.6. The van der Waals surface area contributed by atoms with Crippen LogP contribution in [0, 0.1) is 0 Å². The largest absolute Gasteiger partial charge is 0.462 e. The normalized spacial score (nSPS) is 12.7. The van der Waals surface area contributed by atoms with Gasteiger partial charge in [0, 0.05) is 19.4 Å². The highest BCUT2D eigenvalue weighted by molar-refractivity contribution is 5.70. The lowest BCUT2D eigenvalue weighted by Gasteiger charge is -2.18. The average Bonchev–Trinajstić information content (AvgIpc) is 3.20. The predicted octanol–water partition coefficient (Wildman–Crippen LogP) is 15.8. The molecule has 0 N–H and O–H groups in total. The van der Waals surface area contributed by atoms with Gasteiger partial charge in [-0.15, -0.1) is 0 Å². The second-order valence-electron chi connectivity index (χ2n) is 15.6. The van der Waals surface area contributed by atoms with E-state index in [1.54, 1.807) is 0 Å². The molecule has 0 aliphatic carbocycles. The Labute approximate surface area is 347 Å². The van der Waals surface area contributed by atoms with Crippen LogP contribution in [-0.2, 0) is 23.8 Å². The van der Waals surface area contributed by atoms with Gasteiger partial charge in [0.1, 0.15) is 6.61 Å². The zero-order valence-corrected chi connectivity index (χ0v) is 37.1. The minimum absolute atomic E-state index is 0.0732. The molecule has 0 bridgehead atoms. The van der Waals surface area contributed by atoms with Gasteiger partial charge in [-0.05, 0) is 77.0 Å². The molecule has 324 valence electrons. The van der Waals surface area contributed by atoms with E-state index in [2.05, 4.69) is 81.5 Å². The van der Waals surface area contributed by atoms with Crippen LogP contribution in [0.25, 0.3) is 0 Å². The molecule has 0 aliphatic heterocycles. The summed E-state index contributed by atoms with van der Waals surface area (Å²) >= 11 is 0. The fraction of sp³-hybridized carbons (Fsp3) is 0.765. The first-order valence-corrected chi connectivity index (χ1v) is 23.8. The van der Waals surface area contributed by atoms with Crippen LogP contribution in [0.15, 0.2) is 60.8 Å². The van der Waals surface area contributed by atoms with Crippen molar-refractivity contribution < 1.29 is 23.8 Å². The van der Waals surface area contributed by atoms with Crippen molar-refractivity contribution in [3.05, 3.63) is 60.8 Å². The first-order valence-electron chi connectivity index (χ1n) is 23.8. The molecule has 0 saturated heterocycles. The van der Waals surface area contributed by atoms with Crippen LogP contribution < -0.4 is 0 Å². The number of unbranched alkanes of at least 4 members (excludes halogenated alkanes) is 22. The van der Waals surface area contributed by atoms with Gasteiger partial charge in [-0.2, -0.15) is 0 Å². The van der Waals surface area contributed by atoms with Crippen molar-refractivity contribution >= 4 is 11.9 Å². The summed E-state index contributed by atoms with van der Waals surface area (Å²) < 4.78 is 17.3. The molecule has 0 heterocycles. The lowest BCUT2D eigenvalue weighted by Crippen LogP contribution is -2.30. The molecule has 56 heavy (non-hydrogen) atoms. The Morgan fingerprint density at radius 2 is 0.839 bits per heavy atom. The minimum atomic E-state index is -0.546. The van der Waals surface area contributed by atoms with E-state index in [1.807, 2.05) is 0 Å². The van der Waals surface area contributed by atoms with Crippen molar-refractivity contribution in [2.45, 2.75) is 232 Å². The summed E-state index contributed by atoms with van der Waals surface area (Å²) in [7, 11) is 0. The zero-order valence-electron chi connectivity index (χ0n) is 37.1. The number of rotatable bonds is 43. The SMILES string of the molecule is CC/C=C\C/C=C\C/C=C\CCCCCCCCOCC(COC(=O)CCCCCCC/C=C\C/C=C\CCC)OC(=O)CCCCCCCCCCCCC. The van der Waals surface area contributed by atoms with Crippen LogP contribution >= 0.6 is 0 Å². The molecule has 0 radical (unpaired) electrons. The van der Waals surface area contributed by atoms with Crippen LogP contribution in [0.3, 0.4) is 0 Å². The third-order valence-electron chi connectivity index (χ3n) is 10.0. The quantitative estimate of drug-likeness (QED) is 0.0350. The Balaban J connectivity index is 4.28. The average molecular weight is 783 g/mol. The minimum Gasteiger partial charge on any atom is -0.462 e. The van der Waals surface area contributed by atoms with Gasteiger partial charge in [0.05, 0.1) is 6.61 Å². The molecule has 5 nitrogen and oxygen atoms in total. The van der Waals surface area contributed by atoms with Gasteiger partial charge < -0.3 is 14.2 Å². The maximum absolute atomic E-state index is 12.7. The molecule has 0 fully saturated rings. The maximum Gasteiger partial charge on any atom is 0.306 e. The Kier molecular flexibility index (Phi) is 45.0. The van der Waals surface area contributed by atoms with Gasteiger partial charge >= 0.3 is 11.9 Å². The van der Waals surface area contributed by atoms with E-state index in [0.717, 1.165) is 83.5 Å². The summed E-state index contributed by atoms with van der Waals surface area (Å²) in [6.45, 7) is 7.61.